The van der Waals surface area contributed by atoms with Gasteiger partial charge in [-0.25, -0.2) is 0 Å². The number of rotatable bonds is 1. The molecule has 0 bridgehead atoms. The van der Waals surface area contributed by atoms with E-state index in [2.05, 4.69) is 35.8 Å². The van der Waals surface area contributed by atoms with Gasteiger partial charge in [0.15, 0.2) is 0 Å². The van der Waals surface area contributed by atoms with Crippen LogP contribution in [-0.4, -0.2) is 18.8 Å². The molecule has 0 N–H and O–H groups in total. The average Bonchev–Trinajstić information content (AvgIpc) is 2.14. The van der Waals surface area contributed by atoms with Crippen LogP contribution in [0.5, 0.6) is 0 Å². The van der Waals surface area contributed by atoms with Gasteiger partial charge in [0, 0.05) is 26.0 Å². The molecular formula is C8H14N2. The number of aryl methyl sites for hydroxylation is 1. The molecule has 10 heavy (non-hydrogen) atoms. The minimum Gasteiger partial charge on any atom is -0.319 e. The topological polar surface area (TPSA) is 8.17 Å². The summed E-state index contributed by atoms with van der Waals surface area (Å²) >= 11 is 0. The lowest BCUT2D eigenvalue weighted by atomic mass is 10.3. The minimum absolute atomic E-state index is 1.31. The highest BCUT2D eigenvalue weighted by Gasteiger charge is 1.99. The van der Waals surface area contributed by atoms with Crippen molar-refractivity contribution in [1.82, 2.24) is 4.68 Å². The van der Waals surface area contributed by atoms with E-state index in [1.807, 2.05) is 14.1 Å². The Labute approximate surface area is 62.0 Å². The van der Waals surface area contributed by atoms with Crippen LogP contribution in [0.3, 0.4) is 0 Å². The molecule has 0 aliphatic carbocycles. The zero-order valence-electron chi connectivity index (χ0n) is 7.05. The summed E-state index contributed by atoms with van der Waals surface area (Å²) in [6.07, 6.45) is 2.07. The standard InChI is InChI=1S/C8H14N2/c1-7-5-6-10(8(7)2)9(3)4/h5-6H,1-4H3. The summed E-state index contributed by atoms with van der Waals surface area (Å²) in [6.45, 7) is 4.24. The highest BCUT2D eigenvalue weighted by Crippen LogP contribution is 2.06. The summed E-state index contributed by atoms with van der Waals surface area (Å²) in [5.74, 6) is 0. The first kappa shape index (κ1) is 7.19. The third-order valence-corrected chi connectivity index (χ3v) is 1.81. The van der Waals surface area contributed by atoms with Gasteiger partial charge in [0.25, 0.3) is 0 Å². The van der Waals surface area contributed by atoms with Crippen molar-refractivity contribution < 1.29 is 0 Å². The van der Waals surface area contributed by atoms with Gasteiger partial charge in [-0.15, -0.1) is 0 Å². The lowest BCUT2D eigenvalue weighted by Crippen LogP contribution is -2.24. The Hall–Kier alpha value is -0.920. The summed E-state index contributed by atoms with van der Waals surface area (Å²) in [4.78, 5) is 0. The predicted molar refractivity (Wildman–Crippen MR) is 44.0 cm³/mol. The fourth-order valence-corrected chi connectivity index (χ4v) is 1.03. The molecule has 0 spiro atoms. The van der Waals surface area contributed by atoms with Crippen LogP contribution in [0.2, 0.25) is 0 Å². The summed E-state index contributed by atoms with van der Waals surface area (Å²) in [6, 6.07) is 2.12. The summed E-state index contributed by atoms with van der Waals surface area (Å²) in [5, 5.41) is 2.06. The van der Waals surface area contributed by atoms with Crippen LogP contribution in [0.4, 0.5) is 0 Å². The van der Waals surface area contributed by atoms with Crippen LogP contribution in [0, 0.1) is 13.8 Å². The van der Waals surface area contributed by atoms with Crippen LogP contribution in [0.25, 0.3) is 0 Å². The molecule has 0 unspecified atom stereocenters. The zero-order chi connectivity index (χ0) is 7.72. The second kappa shape index (κ2) is 2.37. The molecule has 1 aromatic heterocycles. The van der Waals surface area contributed by atoms with E-state index >= 15 is 0 Å². The van der Waals surface area contributed by atoms with Gasteiger partial charge in [0.05, 0.1) is 0 Å². The van der Waals surface area contributed by atoms with Gasteiger partial charge in [-0.05, 0) is 25.5 Å². The van der Waals surface area contributed by atoms with Gasteiger partial charge >= 0.3 is 0 Å². The van der Waals surface area contributed by atoms with E-state index in [9.17, 15) is 0 Å². The second-order valence-corrected chi connectivity index (χ2v) is 2.78. The quantitative estimate of drug-likeness (QED) is 0.568. The lowest BCUT2D eigenvalue weighted by Gasteiger charge is -2.16. The molecule has 0 aliphatic heterocycles. The van der Waals surface area contributed by atoms with Crippen molar-refractivity contribution in [3.05, 3.63) is 23.5 Å². The summed E-state index contributed by atoms with van der Waals surface area (Å²) < 4.78 is 2.12. The van der Waals surface area contributed by atoms with E-state index < -0.39 is 0 Å². The first-order valence-electron chi connectivity index (χ1n) is 3.45. The molecule has 0 saturated carbocycles. The maximum absolute atomic E-state index is 2.12. The fourth-order valence-electron chi connectivity index (χ4n) is 1.03. The van der Waals surface area contributed by atoms with E-state index in [1.165, 1.54) is 11.3 Å². The second-order valence-electron chi connectivity index (χ2n) is 2.78. The third kappa shape index (κ3) is 1.01. The lowest BCUT2D eigenvalue weighted by molar-refractivity contribution is 0.712. The molecule has 0 aromatic carbocycles. The largest absolute Gasteiger partial charge is 0.319 e. The molecule has 56 valence electrons. The van der Waals surface area contributed by atoms with Crippen LogP contribution in [0.15, 0.2) is 12.3 Å². The van der Waals surface area contributed by atoms with Crippen LogP contribution in [0.1, 0.15) is 11.3 Å². The number of aromatic nitrogens is 1. The smallest absolute Gasteiger partial charge is 0.0394 e. The molecular weight excluding hydrogens is 124 g/mol. The average molecular weight is 138 g/mol. The van der Waals surface area contributed by atoms with Crippen molar-refractivity contribution in [3.63, 3.8) is 0 Å². The molecule has 0 atom stereocenters. The maximum atomic E-state index is 2.12. The first-order chi connectivity index (χ1) is 4.63. The van der Waals surface area contributed by atoms with E-state index in [0.717, 1.165) is 0 Å². The monoisotopic (exact) mass is 138 g/mol. The fraction of sp³-hybridized carbons (Fsp3) is 0.500. The molecule has 2 heteroatoms. The molecule has 0 saturated heterocycles. The highest BCUT2D eigenvalue weighted by atomic mass is 15.5. The van der Waals surface area contributed by atoms with Gasteiger partial charge in [-0.3, -0.25) is 4.68 Å². The molecule has 0 radical (unpaired) electrons. The molecule has 0 amide bonds. The summed E-state index contributed by atoms with van der Waals surface area (Å²) in [7, 11) is 4.07. The predicted octanol–water partition coefficient (Wildman–Crippen LogP) is 1.30. The molecule has 0 aliphatic rings. The third-order valence-electron chi connectivity index (χ3n) is 1.81. The Balaban J connectivity index is 3.05. The molecule has 1 heterocycles. The van der Waals surface area contributed by atoms with Crippen molar-refractivity contribution in [3.8, 4) is 0 Å². The molecule has 1 rings (SSSR count). The van der Waals surface area contributed by atoms with Crippen molar-refractivity contribution in [2.45, 2.75) is 13.8 Å². The molecule has 1 aromatic rings. The van der Waals surface area contributed by atoms with E-state index in [0.29, 0.717) is 0 Å². The first-order valence-corrected chi connectivity index (χ1v) is 3.45. The number of hydrogen-bond donors (Lipinski definition) is 0. The van der Waals surface area contributed by atoms with Crippen molar-refractivity contribution >= 4 is 0 Å². The van der Waals surface area contributed by atoms with E-state index in [1.54, 1.807) is 0 Å². The van der Waals surface area contributed by atoms with Crippen molar-refractivity contribution in [2.75, 3.05) is 19.1 Å². The normalized spacial score (nSPS) is 10.0. The van der Waals surface area contributed by atoms with Crippen molar-refractivity contribution in [1.29, 1.82) is 0 Å². The van der Waals surface area contributed by atoms with Crippen LogP contribution in [-0.2, 0) is 0 Å². The van der Waals surface area contributed by atoms with Crippen LogP contribution < -0.4 is 5.01 Å². The molecule has 2 nitrogen and oxygen atoms in total. The van der Waals surface area contributed by atoms with Crippen molar-refractivity contribution in [2.24, 2.45) is 0 Å². The van der Waals surface area contributed by atoms with Gasteiger partial charge in [0.1, 0.15) is 0 Å². The Kier molecular flexibility index (Phi) is 1.70. The number of nitrogens with zero attached hydrogens (tertiary/aromatic N) is 2. The highest BCUT2D eigenvalue weighted by molar-refractivity contribution is 5.20. The van der Waals surface area contributed by atoms with E-state index in [-0.39, 0.29) is 0 Å². The van der Waals surface area contributed by atoms with Gasteiger partial charge in [0.2, 0.25) is 0 Å². The van der Waals surface area contributed by atoms with Gasteiger partial charge in [-0.2, -0.15) is 0 Å². The van der Waals surface area contributed by atoms with Crippen LogP contribution >= 0.6 is 0 Å². The number of hydrogen-bond acceptors (Lipinski definition) is 1. The SMILES string of the molecule is Cc1ccn(N(C)C)c1C. The summed E-state index contributed by atoms with van der Waals surface area (Å²) in [5.41, 5.74) is 2.65. The Morgan fingerprint density at radius 2 is 1.90 bits per heavy atom. The Morgan fingerprint density at radius 3 is 2.10 bits per heavy atom. The van der Waals surface area contributed by atoms with Gasteiger partial charge < -0.3 is 5.01 Å². The molecule has 0 fully saturated rings. The minimum atomic E-state index is 1.31. The van der Waals surface area contributed by atoms with E-state index in [4.69, 9.17) is 0 Å². The zero-order valence-corrected chi connectivity index (χ0v) is 7.05. The Morgan fingerprint density at radius 1 is 1.30 bits per heavy atom. The maximum Gasteiger partial charge on any atom is 0.0394 e. The van der Waals surface area contributed by atoms with Gasteiger partial charge in [-0.1, -0.05) is 0 Å². The Bertz CT molecular complexity index is 223.